The number of anilines is 3. The normalized spacial score (nSPS) is 11.2. The Balaban J connectivity index is 1.39. The molecule has 45 heavy (non-hydrogen) atoms. The van der Waals surface area contributed by atoms with Crippen LogP contribution in [0.5, 0.6) is 0 Å². The van der Waals surface area contributed by atoms with Gasteiger partial charge in [-0.1, -0.05) is 115 Å². The van der Waals surface area contributed by atoms with Gasteiger partial charge >= 0.3 is 0 Å². The van der Waals surface area contributed by atoms with Crippen LogP contribution >= 0.6 is 12.6 Å². The minimum absolute atomic E-state index is 0.959. The number of rotatable bonds is 6. The van der Waals surface area contributed by atoms with E-state index in [1.807, 2.05) is 12.1 Å². The molecule has 8 rings (SSSR count). The molecule has 0 radical (unpaired) electrons. The van der Waals surface area contributed by atoms with Crippen molar-refractivity contribution >= 4 is 51.5 Å². The molecular formula is C42H30N2S. The second-order valence-corrected chi connectivity index (χ2v) is 11.7. The number of aromatic nitrogens is 1. The van der Waals surface area contributed by atoms with Gasteiger partial charge in [0.15, 0.2) is 0 Å². The van der Waals surface area contributed by atoms with E-state index in [2.05, 4.69) is 173 Å². The van der Waals surface area contributed by atoms with Gasteiger partial charge < -0.3 is 9.47 Å². The van der Waals surface area contributed by atoms with Crippen LogP contribution in [0.25, 0.3) is 49.7 Å². The van der Waals surface area contributed by atoms with E-state index in [0.717, 1.165) is 38.8 Å². The molecule has 0 aliphatic rings. The first-order chi connectivity index (χ1) is 22.3. The summed E-state index contributed by atoms with van der Waals surface area (Å²) < 4.78 is 2.36. The summed E-state index contributed by atoms with van der Waals surface area (Å²) in [4.78, 5) is 3.35. The van der Waals surface area contributed by atoms with Crippen LogP contribution in [0.2, 0.25) is 0 Å². The smallest absolute Gasteiger partial charge is 0.0542 e. The lowest BCUT2D eigenvalue weighted by molar-refractivity contribution is 1.18. The molecule has 0 N–H and O–H groups in total. The standard InChI is InChI=1S/C42H30N2S/c45-42-25-12-9-21-36(42)31-16-13-19-33(28-31)43(39-23-10-7-20-35(39)30-14-3-1-4-15-30)34-26-27-41-38(29-34)37-22-8-11-24-40(37)44(41)32-17-5-2-6-18-32/h1-29,45H. The van der Waals surface area contributed by atoms with E-state index in [0.29, 0.717) is 0 Å². The Labute approximate surface area is 268 Å². The number of hydrogen-bond donors (Lipinski definition) is 1. The Kier molecular flexibility index (Phi) is 6.94. The molecule has 7 aromatic carbocycles. The van der Waals surface area contributed by atoms with Gasteiger partial charge in [-0.2, -0.15) is 0 Å². The van der Waals surface area contributed by atoms with Crippen molar-refractivity contribution in [2.75, 3.05) is 4.90 Å². The second-order valence-electron chi connectivity index (χ2n) is 11.2. The van der Waals surface area contributed by atoms with Crippen molar-refractivity contribution in [2.45, 2.75) is 4.90 Å². The van der Waals surface area contributed by atoms with Crippen molar-refractivity contribution in [1.82, 2.24) is 4.57 Å². The number of thiol groups is 1. The topological polar surface area (TPSA) is 8.17 Å². The molecule has 3 heteroatoms. The SMILES string of the molecule is Sc1ccccc1-c1cccc(N(c2ccc3c(c2)c2ccccc2n3-c2ccccc2)c2ccccc2-c2ccccc2)c1. The maximum absolute atomic E-state index is 4.79. The monoisotopic (exact) mass is 594 g/mol. The molecule has 1 heterocycles. The third kappa shape index (κ3) is 4.88. The highest BCUT2D eigenvalue weighted by Gasteiger charge is 2.20. The van der Waals surface area contributed by atoms with E-state index in [-0.39, 0.29) is 0 Å². The number of nitrogens with zero attached hydrogens (tertiary/aromatic N) is 2. The molecule has 214 valence electrons. The quantitative estimate of drug-likeness (QED) is 0.188. The van der Waals surface area contributed by atoms with Gasteiger partial charge in [-0.15, -0.1) is 12.6 Å². The Bertz CT molecular complexity index is 2290. The van der Waals surface area contributed by atoms with Crippen molar-refractivity contribution in [3.05, 3.63) is 176 Å². The summed E-state index contributed by atoms with van der Waals surface area (Å²) in [5.41, 5.74) is 11.4. The highest BCUT2D eigenvalue weighted by Crippen LogP contribution is 2.44. The highest BCUT2D eigenvalue weighted by atomic mass is 32.1. The summed E-state index contributed by atoms with van der Waals surface area (Å²) in [6.07, 6.45) is 0. The van der Waals surface area contributed by atoms with Crippen molar-refractivity contribution in [1.29, 1.82) is 0 Å². The third-order valence-electron chi connectivity index (χ3n) is 8.48. The second kappa shape index (κ2) is 11.5. The van der Waals surface area contributed by atoms with Crippen molar-refractivity contribution < 1.29 is 0 Å². The van der Waals surface area contributed by atoms with Gasteiger partial charge in [-0.3, -0.25) is 0 Å². The average molecular weight is 595 g/mol. The maximum atomic E-state index is 4.79. The zero-order chi connectivity index (χ0) is 30.2. The molecule has 0 unspecified atom stereocenters. The van der Waals surface area contributed by atoms with Crippen LogP contribution in [-0.2, 0) is 0 Å². The Hall–Kier alpha value is -5.51. The summed E-state index contributed by atoms with van der Waals surface area (Å²) in [7, 11) is 0. The van der Waals surface area contributed by atoms with Gasteiger partial charge in [0.1, 0.15) is 0 Å². The van der Waals surface area contributed by atoms with Crippen LogP contribution in [-0.4, -0.2) is 4.57 Å². The van der Waals surface area contributed by atoms with Crippen LogP contribution in [0, 0.1) is 0 Å². The molecule has 1 aromatic heterocycles. The number of para-hydroxylation sites is 3. The summed E-state index contributed by atoms with van der Waals surface area (Å²) in [6, 6.07) is 62.5. The lowest BCUT2D eigenvalue weighted by Crippen LogP contribution is -2.11. The third-order valence-corrected chi connectivity index (χ3v) is 8.87. The zero-order valence-electron chi connectivity index (χ0n) is 24.6. The molecule has 2 nitrogen and oxygen atoms in total. The van der Waals surface area contributed by atoms with E-state index in [1.54, 1.807) is 0 Å². The predicted molar refractivity (Wildman–Crippen MR) is 194 cm³/mol. The largest absolute Gasteiger partial charge is 0.310 e. The number of fused-ring (bicyclic) bond motifs is 3. The molecule has 0 spiro atoms. The Morgan fingerprint density at radius 3 is 1.87 bits per heavy atom. The van der Waals surface area contributed by atoms with Crippen LogP contribution in [0.15, 0.2) is 181 Å². The molecule has 0 fully saturated rings. The molecule has 0 saturated heterocycles. The number of benzene rings is 7. The Morgan fingerprint density at radius 2 is 1.04 bits per heavy atom. The van der Waals surface area contributed by atoms with Crippen LogP contribution in [0.4, 0.5) is 17.1 Å². The molecule has 0 amide bonds. The van der Waals surface area contributed by atoms with Gasteiger partial charge in [-0.05, 0) is 77.4 Å². The minimum atomic E-state index is 0.959. The van der Waals surface area contributed by atoms with E-state index >= 15 is 0 Å². The zero-order valence-corrected chi connectivity index (χ0v) is 25.5. The van der Waals surface area contributed by atoms with E-state index < -0.39 is 0 Å². The molecule has 0 aliphatic carbocycles. The lowest BCUT2D eigenvalue weighted by Gasteiger charge is -2.28. The molecule has 0 saturated carbocycles. The fraction of sp³-hybridized carbons (Fsp3) is 0. The van der Waals surface area contributed by atoms with Crippen LogP contribution in [0.3, 0.4) is 0 Å². The first-order valence-electron chi connectivity index (χ1n) is 15.2. The molecule has 8 aromatic rings. The molecule has 0 aliphatic heterocycles. The average Bonchev–Trinajstić information content (AvgIpc) is 3.44. The van der Waals surface area contributed by atoms with Gasteiger partial charge in [-0.25, -0.2) is 0 Å². The van der Waals surface area contributed by atoms with Crippen molar-refractivity contribution in [3.63, 3.8) is 0 Å². The minimum Gasteiger partial charge on any atom is -0.310 e. The van der Waals surface area contributed by atoms with E-state index in [1.165, 1.54) is 32.9 Å². The van der Waals surface area contributed by atoms with E-state index in [9.17, 15) is 0 Å². The highest BCUT2D eigenvalue weighted by molar-refractivity contribution is 7.80. The van der Waals surface area contributed by atoms with Crippen molar-refractivity contribution in [2.24, 2.45) is 0 Å². The van der Waals surface area contributed by atoms with Gasteiger partial charge in [0.05, 0.1) is 16.7 Å². The lowest BCUT2D eigenvalue weighted by atomic mass is 10.0. The van der Waals surface area contributed by atoms with Crippen molar-refractivity contribution in [3.8, 4) is 27.9 Å². The van der Waals surface area contributed by atoms with Gasteiger partial charge in [0.25, 0.3) is 0 Å². The summed E-state index contributed by atoms with van der Waals surface area (Å²) >= 11 is 4.79. The first-order valence-corrected chi connectivity index (χ1v) is 15.6. The number of hydrogen-bond acceptors (Lipinski definition) is 2. The fourth-order valence-corrected chi connectivity index (χ4v) is 6.73. The van der Waals surface area contributed by atoms with Gasteiger partial charge in [0, 0.05) is 38.3 Å². The van der Waals surface area contributed by atoms with Crippen LogP contribution in [0.1, 0.15) is 0 Å². The summed E-state index contributed by atoms with van der Waals surface area (Å²) in [6.45, 7) is 0. The fourth-order valence-electron chi connectivity index (χ4n) is 6.44. The summed E-state index contributed by atoms with van der Waals surface area (Å²) in [5, 5.41) is 2.44. The van der Waals surface area contributed by atoms with E-state index in [4.69, 9.17) is 12.6 Å². The Morgan fingerprint density at radius 1 is 0.422 bits per heavy atom. The molecule has 0 atom stereocenters. The molecular weight excluding hydrogens is 565 g/mol. The van der Waals surface area contributed by atoms with Crippen LogP contribution < -0.4 is 4.90 Å². The maximum Gasteiger partial charge on any atom is 0.0542 e. The predicted octanol–water partition coefficient (Wildman–Crippen LogP) is 11.9. The summed E-state index contributed by atoms with van der Waals surface area (Å²) in [5.74, 6) is 0. The van der Waals surface area contributed by atoms with Gasteiger partial charge in [0.2, 0.25) is 0 Å². The molecule has 0 bridgehead atoms. The first kappa shape index (κ1) is 27.1.